The van der Waals surface area contributed by atoms with E-state index in [-0.39, 0.29) is 0 Å². The summed E-state index contributed by atoms with van der Waals surface area (Å²) in [5, 5.41) is 7.74. The second-order valence-electron chi connectivity index (χ2n) is 6.14. The van der Waals surface area contributed by atoms with Crippen molar-refractivity contribution >= 4 is 0 Å². The standard InChI is InChI=1S/C14H19F3N6/c1-21(8-11-5-18-20-22(11)2)6-10-3-4-13-19-12(14(15,16)17)9-23(13)7-10/h5,9-10H,3-4,6-8H2,1-2H3. The number of aromatic nitrogens is 5. The van der Waals surface area contributed by atoms with E-state index in [9.17, 15) is 13.2 Å². The summed E-state index contributed by atoms with van der Waals surface area (Å²) < 4.78 is 41.6. The summed E-state index contributed by atoms with van der Waals surface area (Å²) in [6.45, 7) is 2.10. The smallest absolute Gasteiger partial charge is 0.334 e. The molecular weight excluding hydrogens is 309 g/mol. The zero-order valence-electron chi connectivity index (χ0n) is 13.1. The van der Waals surface area contributed by atoms with Crippen LogP contribution in [-0.4, -0.2) is 43.0 Å². The van der Waals surface area contributed by atoms with Gasteiger partial charge in [-0.05, 0) is 19.4 Å². The highest BCUT2D eigenvalue weighted by Crippen LogP contribution is 2.30. The molecule has 0 radical (unpaired) electrons. The number of hydrogen-bond acceptors (Lipinski definition) is 4. The monoisotopic (exact) mass is 328 g/mol. The molecule has 3 rings (SSSR count). The highest BCUT2D eigenvalue weighted by atomic mass is 19.4. The Morgan fingerprint density at radius 1 is 1.39 bits per heavy atom. The second-order valence-corrected chi connectivity index (χ2v) is 6.14. The molecule has 126 valence electrons. The number of aryl methyl sites for hydroxylation is 2. The summed E-state index contributed by atoms with van der Waals surface area (Å²) in [7, 11) is 3.84. The van der Waals surface area contributed by atoms with E-state index in [4.69, 9.17) is 0 Å². The lowest BCUT2D eigenvalue weighted by molar-refractivity contribution is -0.141. The first-order valence-corrected chi connectivity index (χ1v) is 7.48. The molecule has 2 aromatic heterocycles. The van der Waals surface area contributed by atoms with Gasteiger partial charge in [-0.2, -0.15) is 13.2 Å². The number of rotatable bonds is 4. The van der Waals surface area contributed by atoms with Gasteiger partial charge in [-0.15, -0.1) is 5.10 Å². The van der Waals surface area contributed by atoms with Gasteiger partial charge in [0, 0.05) is 39.3 Å². The number of fused-ring (bicyclic) bond motifs is 1. The minimum Gasteiger partial charge on any atom is -0.334 e. The lowest BCUT2D eigenvalue weighted by Gasteiger charge is -2.28. The maximum absolute atomic E-state index is 12.7. The molecule has 0 aliphatic carbocycles. The van der Waals surface area contributed by atoms with Crippen molar-refractivity contribution < 1.29 is 13.2 Å². The fourth-order valence-corrected chi connectivity index (χ4v) is 3.04. The van der Waals surface area contributed by atoms with E-state index in [1.807, 2.05) is 14.1 Å². The van der Waals surface area contributed by atoms with E-state index in [1.165, 1.54) is 0 Å². The Balaban J connectivity index is 1.61. The minimum absolute atomic E-state index is 0.309. The molecule has 2 aromatic rings. The number of nitrogens with zero attached hydrogens (tertiary/aromatic N) is 6. The average molecular weight is 328 g/mol. The van der Waals surface area contributed by atoms with Crippen LogP contribution >= 0.6 is 0 Å². The van der Waals surface area contributed by atoms with E-state index in [1.54, 1.807) is 15.4 Å². The zero-order chi connectivity index (χ0) is 16.6. The Morgan fingerprint density at radius 3 is 2.83 bits per heavy atom. The predicted molar refractivity (Wildman–Crippen MR) is 76.4 cm³/mol. The maximum atomic E-state index is 12.7. The third-order valence-corrected chi connectivity index (χ3v) is 4.19. The molecule has 0 spiro atoms. The van der Waals surface area contributed by atoms with Crippen molar-refractivity contribution in [1.82, 2.24) is 29.4 Å². The number of halogens is 3. The molecule has 1 aliphatic rings. The molecule has 0 bridgehead atoms. The highest BCUT2D eigenvalue weighted by Gasteiger charge is 2.35. The van der Waals surface area contributed by atoms with E-state index >= 15 is 0 Å². The molecule has 1 unspecified atom stereocenters. The van der Waals surface area contributed by atoms with Gasteiger partial charge in [0.15, 0.2) is 5.69 Å². The van der Waals surface area contributed by atoms with Gasteiger partial charge in [0.05, 0.1) is 11.9 Å². The van der Waals surface area contributed by atoms with Gasteiger partial charge < -0.3 is 9.47 Å². The van der Waals surface area contributed by atoms with Crippen LogP contribution in [0.15, 0.2) is 12.4 Å². The molecular formula is C14H19F3N6. The first-order chi connectivity index (χ1) is 10.8. The van der Waals surface area contributed by atoms with E-state index in [0.717, 1.165) is 24.9 Å². The van der Waals surface area contributed by atoms with E-state index in [0.29, 0.717) is 31.3 Å². The van der Waals surface area contributed by atoms with Crippen LogP contribution in [-0.2, 0) is 32.7 Å². The first-order valence-electron chi connectivity index (χ1n) is 7.48. The van der Waals surface area contributed by atoms with Gasteiger partial charge in [-0.25, -0.2) is 4.98 Å². The molecule has 3 heterocycles. The second kappa shape index (κ2) is 5.95. The van der Waals surface area contributed by atoms with Crippen molar-refractivity contribution in [2.75, 3.05) is 13.6 Å². The van der Waals surface area contributed by atoms with Crippen molar-refractivity contribution in [2.45, 2.75) is 32.1 Å². The predicted octanol–water partition coefficient (Wildman–Crippen LogP) is 1.72. The fraction of sp³-hybridized carbons (Fsp3) is 0.643. The molecule has 0 saturated carbocycles. The fourth-order valence-electron chi connectivity index (χ4n) is 3.04. The lowest BCUT2D eigenvalue weighted by atomic mass is 9.99. The quantitative estimate of drug-likeness (QED) is 0.858. The molecule has 6 nitrogen and oxygen atoms in total. The topological polar surface area (TPSA) is 51.8 Å². The van der Waals surface area contributed by atoms with Crippen LogP contribution < -0.4 is 0 Å². The van der Waals surface area contributed by atoms with Crippen LogP contribution in [0.2, 0.25) is 0 Å². The van der Waals surface area contributed by atoms with Gasteiger partial charge in [0.2, 0.25) is 0 Å². The number of hydrogen-bond donors (Lipinski definition) is 0. The van der Waals surface area contributed by atoms with Crippen molar-refractivity contribution in [2.24, 2.45) is 13.0 Å². The summed E-state index contributed by atoms with van der Waals surface area (Å²) in [6, 6.07) is 0. The van der Waals surface area contributed by atoms with Gasteiger partial charge in [0.25, 0.3) is 0 Å². The third-order valence-electron chi connectivity index (χ3n) is 4.19. The molecule has 0 aromatic carbocycles. The van der Waals surface area contributed by atoms with E-state index in [2.05, 4.69) is 20.2 Å². The van der Waals surface area contributed by atoms with E-state index < -0.39 is 11.9 Å². The molecule has 0 N–H and O–H groups in total. The van der Waals surface area contributed by atoms with Gasteiger partial charge >= 0.3 is 6.18 Å². The Kier molecular flexibility index (Phi) is 4.13. The summed E-state index contributed by atoms with van der Waals surface area (Å²) in [6.07, 6.45) is -0.0826. The molecule has 9 heteroatoms. The van der Waals surface area contributed by atoms with Crippen LogP contribution in [0.3, 0.4) is 0 Å². The van der Waals surface area contributed by atoms with Gasteiger partial charge in [0.1, 0.15) is 5.82 Å². The maximum Gasteiger partial charge on any atom is 0.434 e. The van der Waals surface area contributed by atoms with Crippen molar-refractivity contribution in [3.8, 4) is 0 Å². The Labute approximate surface area is 131 Å². The van der Waals surface area contributed by atoms with Gasteiger partial charge in [-0.1, -0.05) is 5.21 Å². The van der Waals surface area contributed by atoms with Crippen LogP contribution in [0.1, 0.15) is 23.6 Å². The average Bonchev–Trinajstić information content (AvgIpc) is 3.05. The molecule has 0 fully saturated rings. The van der Waals surface area contributed by atoms with Crippen LogP contribution in [0.25, 0.3) is 0 Å². The molecule has 1 atom stereocenters. The lowest BCUT2D eigenvalue weighted by Crippen LogP contribution is -2.31. The minimum atomic E-state index is -4.37. The SMILES string of the molecule is CN(Cc1cnnn1C)CC1CCc2nc(C(F)(F)F)cn2C1. The highest BCUT2D eigenvalue weighted by molar-refractivity contribution is 5.10. The molecule has 0 saturated heterocycles. The molecule has 23 heavy (non-hydrogen) atoms. The first kappa shape index (κ1) is 16.0. The van der Waals surface area contributed by atoms with Crippen LogP contribution in [0.5, 0.6) is 0 Å². The van der Waals surface area contributed by atoms with Crippen LogP contribution in [0.4, 0.5) is 13.2 Å². The summed E-state index contributed by atoms with van der Waals surface area (Å²) >= 11 is 0. The normalized spacial score (nSPS) is 18.4. The zero-order valence-corrected chi connectivity index (χ0v) is 13.1. The summed E-state index contributed by atoms with van der Waals surface area (Å²) in [5.74, 6) is 0.844. The number of imidazole rings is 1. The van der Waals surface area contributed by atoms with Crippen molar-refractivity contribution in [3.05, 3.63) is 29.6 Å². The summed E-state index contributed by atoms with van der Waals surface area (Å²) in [4.78, 5) is 5.86. The van der Waals surface area contributed by atoms with Gasteiger partial charge in [-0.3, -0.25) is 4.68 Å². The Bertz CT molecular complexity index is 674. The molecule has 0 amide bonds. The number of alkyl halides is 3. The van der Waals surface area contributed by atoms with Crippen molar-refractivity contribution in [1.29, 1.82) is 0 Å². The third kappa shape index (κ3) is 3.54. The Morgan fingerprint density at radius 2 is 2.17 bits per heavy atom. The Hall–Kier alpha value is -1.90. The molecule has 1 aliphatic heterocycles. The summed E-state index contributed by atoms with van der Waals surface area (Å²) in [5.41, 5.74) is 0.216. The van der Waals surface area contributed by atoms with Crippen molar-refractivity contribution in [3.63, 3.8) is 0 Å². The largest absolute Gasteiger partial charge is 0.434 e. The van der Waals surface area contributed by atoms with Crippen LogP contribution in [0, 0.1) is 5.92 Å².